The van der Waals surface area contributed by atoms with Gasteiger partial charge in [-0.15, -0.1) is 6.58 Å². The third-order valence-electron chi connectivity index (χ3n) is 6.60. The molecule has 0 amide bonds. The highest BCUT2D eigenvalue weighted by molar-refractivity contribution is 5.17. The normalized spacial score (nSPS) is 40.6. The van der Waals surface area contributed by atoms with Gasteiger partial charge in [0.25, 0.3) is 0 Å². The first-order valence-electron chi connectivity index (χ1n) is 8.73. The molecule has 0 aromatic rings. The number of hydrogen-bond donors (Lipinski definition) is 2. The van der Waals surface area contributed by atoms with Gasteiger partial charge in [-0.2, -0.15) is 0 Å². The maximum atomic E-state index is 10.4. The second-order valence-corrected chi connectivity index (χ2v) is 8.96. The van der Waals surface area contributed by atoms with Crippen molar-refractivity contribution in [2.24, 2.45) is 22.7 Å². The third-order valence-corrected chi connectivity index (χ3v) is 6.60. The Bertz CT molecular complexity index is 449. The van der Waals surface area contributed by atoms with Gasteiger partial charge in [-0.3, -0.25) is 0 Å². The van der Waals surface area contributed by atoms with E-state index in [9.17, 15) is 10.2 Å². The summed E-state index contributed by atoms with van der Waals surface area (Å²) in [6, 6.07) is 0. The fourth-order valence-corrected chi connectivity index (χ4v) is 5.51. The first-order valence-corrected chi connectivity index (χ1v) is 8.73. The van der Waals surface area contributed by atoms with Crippen LogP contribution < -0.4 is 0 Å². The quantitative estimate of drug-likeness (QED) is 0.752. The van der Waals surface area contributed by atoms with E-state index in [-0.39, 0.29) is 16.9 Å². The maximum Gasteiger partial charge on any atom is 0.0797 e. The lowest BCUT2D eigenvalue weighted by Gasteiger charge is -2.59. The Morgan fingerprint density at radius 1 is 1.32 bits per heavy atom. The number of allylic oxidation sites excluding steroid dienone is 1. The van der Waals surface area contributed by atoms with Gasteiger partial charge >= 0.3 is 0 Å². The molecule has 0 radical (unpaired) electrons. The van der Waals surface area contributed by atoms with Crippen molar-refractivity contribution in [1.29, 1.82) is 0 Å². The van der Waals surface area contributed by atoms with Crippen molar-refractivity contribution in [3.8, 4) is 0 Å². The van der Waals surface area contributed by atoms with Crippen molar-refractivity contribution >= 4 is 0 Å². The van der Waals surface area contributed by atoms with Crippen LogP contribution in [0.15, 0.2) is 24.8 Å². The van der Waals surface area contributed by atoms with Crippen molar-refractivity contribution in [3.05, 3.63) is 24.8 Å². The molecule has 126 valence electrons. The molecule has 2 saturated carbocycles. The van der Waals surface area contributed by atoms with E-state index in [1.165, 1.54) is 12.0 Å². The van der Waals surface area contributed by atoms with Crippen molar-refractivity contribution in [2.45, 2.75) is 77.9 Å². The van der Waals surface area contributed by atoms with Crippen LogP contribution in [0.5, 0.6) is 0 Å². The molecule has 2 fully saturated rings. The molecule has 0 aromatic heterocycles. The number of hydrogen-bond acceptors (Lipinski definition) is 2. The molecule has 2 N–H and O–H groups in total. The molecule has 22 heavy (non-hydrogen) atoms. The molecule has 0 aromatic carbocycles. The topological polar surface area (TPSA) is 40.5 Å². The van der Waals surface area contributed by atoms with Gasteiger partial charge in [0, 0.05) is 0 Å². The van der Waals surface area contributed by atoms with Gasteiger partial charge in [-0.1, -0.05) is 39.0 Å². The minimum atomic E-state index is -0.813. The summed E-state index contributed by atoms with van der Waals surface area (Å²) in [5.41, 5.74) is 0.760. The Balaban J connectivity index is 2.26. The van der Waals surface area contributed by atoms with Crippen molar-refractivity contribution in [2.75, 3.05) is 0 Å². The summed E-state index contributed by atoms with van der Waals surface area (Å²) in [6.07, 6.45) is 7.08. The Kier molecular flexibility index (Phi) is 4.68. The zero-order valence-corrected chi connectivity index (χ0v) is 14.9. The van der Waals surface area contributed by atoms with E-state index in [1.807, 2.05) is 6.92 Å². The Hall–Kier alpha value is -0.600. The lowest BCUT2D eigenvalue weighted by Crippen LogP contribution is -2.53. The Labute approximate surface area is 136 Å². The van der Waals surface area contributed by atoms with Crippen molar-refractivity contribution in [3.63, 3.8) is 0 Å². The van der Waals surface area contributed by atoms with Gasteiger partial charge in [-0.05, 0) is 68.1 Å². The van der Waals surface area contributed by atoms with Crippen LogP contribution in [0.4, 0.5) is 0 Å². The second kappa shape index (κ2) is 5.79. The molecule has 2 aliphatic carbocycles. The Morgan fingerprint density at radius 3 is 2.55 bits per heavy atom. The molecule has 2 rings (SSSR count). The van der Waals surface area contributed by atoms with Crippen LogP contribution in [0.2, 0.25) is 0 Å². The van der Waals surface area contributed by atoms with Gasteiger partial charge in [-0.25, -0.2) is 0 Å². The minimum absolute atomic E-state index is 0.0910. The van der Waals surface area contributed by atoms with Gasteiger partial charge in [0.05, 0.1) is 11.7 Å². The maximum absolute atomic E-state index is 10.4. The van der Waals surface area contributed by atoms with Crippen LogP contribution in [-0.4, -0.2) is 21.9 Å². The van der Waals surface area contributed by atoms with E-state index in [2.05, 4.69) is 33.9 Å². The van der Waals surface area contributed by atoms with Crippen LogP contribution in [0.3, 0.4) is 0 Å². The highest BCUT2D eigenvalue weighted by atomic mass is 16.3. The van der Waals surface area contributed by atoms with Crippen LogP contribution in [0.25, 0.3) is 0 Å². The monoisotopic (exact) mass is 306 g/mol. The van der Waals surface area contributed by atoms with Gasteiger partial charge in [0.1, 0.15) is 0 Å². The molecule has 2 heteroatoms. The van der Waals surface area contributed by atoms with E-state index in [0.29, 0.717) is 18.3 Å². The number of rotatable bonds is 4. The fourth-order valence-electron chi connectivity index (χ4n) is 5.51. The standard InChI is InChI=1S/C20H34O2/c1-7-19(5,22)11-10-16-14(2)8-9-17-18(3,4)12-15(21)13-20(16,17)6/h7,15-17,21-22H,1-2,8-13H2,3-6H3/t15-,16+,17+,19+,20-/m0/s1. The summed E-state index contributed by atoms with van der Waals surface area (Å²) < 4.78 is 0. The van der Waals surface area contributed by atoms with Crippen LogP contribution in [0, 0.1) is 22.7 Å². The lowest BCUT2D eigenvalue weighted by atomic mass is 9.46. The van der Waals surface area contributed by atoms with Gasteiger partial charge < -0.3 is 10.2 Å². The number of fused-ring (bicyclic) bond motifs is 1. The highest BCUT2D eigenvalue weighted by Gasteiger charge is 2.54. The van der Waals surface area contributed by atoms with E-state index in [0.717, 1.165) is 25.7 Å². The SMILES string of the molecule is C=C[C@@](C)(O)CC[C@@H]1C(=C)CC[C@@H]2C(C)(C)C[C@H](O)C[C@@]12C. The van der Waals surface area contributed by atoms with E-state index in [4.69, 9.17) is 0 Å². The predicted molar refractivity (Wildman–Crippen MR) is 92.5 cm³/mol. The van der Waals surface area contributed by atoms with Gasteiger partial charge in [0.2, 0.25) is 0 Å². The fraction of sp³-hybridized carbons (Fsp3) is 0.800. The minimum Gasteiger partial charge on any atom is -0.393 e. The summed E-state index contributed by atoms with van der Waals surface area (Å²) in [5.74, 6) is 1.000. The number of aliphatic hydroxyl groups is 2. The molecule has 0 saturated heterocycles. The molecule has 0 unspecified atom stereocenters. The molecular formula is C20H34O2. The van der Waals surface area contributed by atoms with Crippen molar-refractivity contribution in [1.82, 2.24) is 0 Å². The smallest absolute Gasteiger partial charge is 0.0797 e. The average Bonchev–Trinajstić information content (AvgIpc) is 2.35. The molecule has 0 heterocycles. The van der Waals surface area contributed by atoms with Crippen molar-refractivity contribution < 1.29 is 10.2 Å². The third kappa shape index (κ3) is 3.19. The zero-order chi connectivity index (χ0) is 16.8. The Morgan fingerprint density at radius 2 is 1.95 bits per heavy atom. The molecule has 2 nitrogen and oxygen atoms in total. The molecule has 2 aliphatic rings. The molecular weight excluding hydrogens is 272 g/mol. The largest absolute Gasteiger partial charge is 0.393 e. The number of aliphatic hydroxyl groups excluding tert-OH is 1. The summed E-state index contributed by atoms with van der Waals surface area (Å²) >= 11 is 0. The van der Waals surface area contributed by atoms with Crippen LogP contribution >= 0.6 is 0 Å². The molecule has 0 spiro atoms. The average molecular weight is 306 g/mol. The van der Waals surface area contributed by atoms with Gasteiger partial charge in [0.15, 0.2) is 0 Å². The first-order chi connectivity index (χ1) is 10.0. The van der Waals surface area contributed by atoms with Crippen LogP contribution in [0.1, 0.15) is 66.2 Å². The summed E-state index contributed by atoms with van der Waals surface area (Å²) in [5, 5.41) is 20.7. The molecule has 5 atom stereocenters. The van der Waals surface area contributed by atoms with Crippen LogP contribution in [-0.2, 0) is 0 Å². The molecule has 0 bridgehead atoms. The first kappa shape index (κ1) is 17.7. The summed E-state index contributed by atoms with van der Waals surface area (Å²) in [4.78, 5) is 0. The highest BCUT2D eigenvalue weighted by Crippen LogP contribution is 2.61. The second-order valence-electron chi connectivity index (χ2n) is 8.96. The summed E-state index contributed by atoms with van der Waals surface area (Å²) in [7, 11) is 0. The zero-order valence-electron chi connectivity index (χ0n) is 14.9. The summed E-state index contributed by atoms with van der Waals surface area (Å²) in [6.45, 7) is 16.9. The van der Waals surface area contributed by atoms with E-state index < -0.39 is 5.60 Å². The van der Waals surface area contributed by atoms with E-state index >= 15 is 0 Å². The van der Waals surface area contributed by atoms with E-state index in [1.54, 1.807) is 6.08 Å². The lowest BCUT2D eigenvalue weighted by molar-refractivity contribution is -0.108. The predicted octanol–water partition coefficient (Wildman–Crippen LogP) is 4.47. The molecule has 0 aliphatic heterocycles.